The van der Waals surface area contributed by atoms with Crippen molar-refractivity contribution in [1.29, 1.82) is 0 Å². The number of nitrogens with zero attached hydrogens (tertiary/aromatic N) is 1. The number of carbonyl (C=O) groups excluding carboxylic acids is 1. The summed E-state index contributed by atoms with van der Waals surface area (Å²) >= 11 is 0. The van der Waals surface area contributed by atoms with Crippen LogP contribution >= 0.6 is 0 Å². The summed E-state index contributed by atoms with van der Waals surface area (Å²) in [5.41, 5.74) is 7.06. The highest BCUT2D eigenvalue weighted by Crippen LogP contribution is 2.36. The van der Waals surface area contributed by atoms with Crippen molar-refractivity contribution >= 4 is 15.9 Å². The molecule has 0 radical (unpaired) electrons. The van der Waals surface area contributed by atoms with E-state index in [0.29, 0.717) is 31.1 Å². The number of carbonyl (C=O) groups is 1. The molecule has 3 N–H and O–H groups in total. The molecule has 3 aromatic rings. The fourth-order valence-corrected chi connectivity index (χ4v) is 6.96. The second-order valence-corrected chi connectivity index (χ2v) is 13.3. The van der Waals surface area contributed by atoms with Gasteiger partial charge in [-0.2, -0.15) is 13.5 Å². The van der Waals surface area contributed by atoms with Gasteiger partial charge in [-0.05, 0) is 67.0 Å². The summed E-state index contributed by atoms with van der Waals surface area (Å²) in [7, 11) is -4.51. The zero-order valence-electron chi connectivity index (χ0n) is 24.1. The predicted molar refractivity (Wildman–Crippen MR) is 162 cm³/mol. The molecule has 1 saturated heterocycles. The van der Waals surface area contributed by atoms with Gasteiger partial charge in [0.1, 0.15) is 5.75 Å². The molecular weight excluding hydrogens is 572 g/mol. The van der Waals surface area contributed by atoms with Crippen molar-refractivity contribution in [1.82, 2.24) is 9.62 Å². The second-order valence-electron chi connectivity index (χ2n) is 11.6. The van der Waals surface area contributed by atoms with E-state index in [4.69, 9.17) is 10.5 Å². The molecule has 43 heavy (non-hydrogen) atoms. The van der Waals surface area contributed by atoms with E-state index in [1.807, 2.05) is 30.3 Å². The van der Waals surface area contributed by atoms with Crippen LogP contribution in [0, 0.1) is 5.92 Å². The van der Waals surface area contributed by atoms with Crippen molar-refractivity contribution in [3.63, 3.8) is 0 Å². The summed E-state index contributed by atoms with van der Waals surface area (Å²) < 4.78 is 67.2. The number of hydrogen-bond donors (Lipinski definition) is 2. The number of likely N-dealkylation sites (tertiary alicyclic amines) is 1. The van der Waals surface area contributed by atoms with E-state index >= 15 is 8.78 Å². The maximum atomic E-state index is 16.2. The van der Waals surface area contributed by atoms with E-state index in [0.717, 1.165) is 24.0 Å². The number of benzene rings is 3. The highest BCUT2D eigenvalue weighted by molar-refractivity contribution is 7.89. The molecule has 2 fully saturated rings. The van der Waals surface area contributed by atoms with Gasteiger partial charge in [0.25, 0.3) is 5.92 Å². The number of hydrogen-bond acceptors (Lipinski definition) is 5. The lowest BCUT2D eigenvalue weighted by Crippen LogP contribution is -2.57. The molecule has 230 valence electrons. The third kappa shape index (κ3) is 7.60. The number of alkyl halides is 2. The fourth-order valence-electron chi connectivity index (χ4n) is 5.77. The highest BCUT2D eigenvalue weighted by atomic mass is 32.2. The Bertz CT molecular complexity index is 1450. The summed E-state index contributed by atoms with van der Waals surface area (Å²) in [5.74, 6) is -3.85. The second kappa shape index (κ2) is 13.5. The van der Waals surface area contributed by atoms with Gasteiger partial charge < -0.3 is 15.4 Å². The van der Waals surface area contributed by atoms with Gasteiger partial charge in [0.15, 0.2) is 6.04 Å². The molecule has 0 bridgehead atoms. The molecule has 1 heterocycles. The normalized spacial score (nSPS) is 17.9. The number of nitrogens with two attached hydrogens (primary N) is 1. The van der Waals surface area contributed by atoms with Crippen LogP contribution in [0.15, 0.2) is 83.8 Å². The Morgan fingerprint density at radius 3 is 2.12 bits per heavy atom. The maximum absolute atomic E-state index is 16.2. The SMILES string of the molecule is NC1CCN(C(=O)[C@H](NS(=O)(=O)c2ccc(OCC3CCCCC3)cc2)C(F)(F)c2ccc(-c3ccccc3)cc2)CC1. The third-order valence-corrected chi connectivity index (χ3v) is 9.89. The molecule has 3 aromatic carbocycles. The van der Waals surface area contributed by atoms with Gasteiger partial charge >= 0.3 is 0 Å². The summed E-state index contributed by atoms with van der Waals surface area (Å²) in [6, 6.07) is 18.0. The molecule has 0 unspecified atom stereocenters. The quantitative estimate of drug-likeness (QED) is 0.306. The predicted octanol–water partition coefficient (Wildman–Crippen LogP) is 5.70. The first kappa shape index (κ1) is 31.1. The van der Waals surface area contributed by atoms with Crippen LogP contribution in [0.2, 0.25) is 0 Å². The van der Waals surface area contributed by atoms with E-state index in [1.54, 1.807) is 12.1 Å². The number of piperidine rings is 1. The van der Waals surface area contributed by atoms with Gasteiger partial charge in [0, 0.05) is 24.7 Å². The largest absolute Gasteiger partial charge is 0.493 e. The Kier molecular flexibility index (Phi) is 9.78. The Balaban J connectivity index is 1.37. The van der Waals surface area contributed by atoms with Crippen LogP contribution in [0.5, 0.6) is 5.75 Å². The number of rotatable bonds is 10. The molecule has 2 aliphatic rings. The van der Waals surface area contributed by atoms with Crippen molar-refractivity contribution in [2.45, 2.75) is 67.8 Å². The van der Waals surface area contributed by atoms with Crippen molar-refractivity contribution in [2.24, 2.45) is 11.7 Å². The number of ether oxygens (including phenoxy) is 1. The maximum Gasteiger partial charge on any atom is 0.298 e. The third-order valence-electron chi connectivity index (χ3n) is 8.46. The van der Waals surface area contributed by atoms with Crippen molar-refractivity contribution in [2.75, 3.05) is 19.7 Å². The Labute approximate surface area is 252 Å². The standard InChI is InChI=1S/C33H39F2N3O4S/c34-33(35,27-13-11-26(12-14-27)25-9-5-2-6-10-25)31(32(39)38-21-19-28(36)20-22-38)37-43(40,41)30-17-15-29(16-18-30)42-23-24-7-3-1-4-8-24/h2,5-6,9-18,24,28,31,37H,1,3-4,7-8,19-23,36H2/t31-/m0/s1. The van der Waals surface area contributed by atoms with Gasteiger partial charge in [0.2, 0.25) is 15.9 Å². The number of halogens is 2. The first-order valence-corrected chi connectivity index (χ1v) is 16.4. The average Bonchev–Trinajstić information content (AvgIpc) is 3.04. The van der Waals surface area contributed by atoms with Gasteiger partial charge in [0.05, 0.1) is 11.5 Å². The number of sulfonamides is 1. The van der Waals surface area contributed by atoms with Gasteiger partial charge in [-0.25, -0.2) is 8.42 Å². The van der Waals surface area contributed by atoms with E-state index in [2.05, 4.69) is 4.72 Å². The minimum Gasteiger partial charge on any atom is -0.493 e. The van der Waals surface area contributed by atoms with Crippen LogP contribution < -0.4 is 15.2 Å². The van der Waals surface area contributed by atoms with E-state index in [-0.39, 0.29) is 24.0 Å². The molecule has 1 saturated carbocycles. The van der Waals surface area contributed by atoms with Crippen molar-refractivity contribution in [3.8, 4) is 16.9 Å². The molecule has 1 aliphatic heterocycles. The Morgan fingerprint density at radius 2 is 1.49 bits per heavy atom. The van der Waals surface area contributed by atoms with E-state index < -0.39 is 33.5 Å². The molecule has 0 aromatic heterocycles. The minimum atomic E-state index is -4.51. The highest BCUT2D eigenvalue weighted by Gasteiger charge is 2.50. The van der Waals surface area contributed by atoms with Crippen LogP contribution in [0.4, 0.5) is 8.78 Å². The molecule has 5 rings (SSSR count). The first-order chi connectivity index (χ1) is 20.6. The fraction of sp³-hybridized carbons (Fsp3) is 0.424. The molecule has 1 atom stereocenters. The van der Waals surface area contributed by atoms with Gasteiger partial charge in [-0.3, -0.25) is 4.79 Å². The zero-order chi connectivity index (χ0) is 30.5. The van der Waals surface area contributed by atoms with Crippen LogP contribution in [-0.2, 0) is 20.7 Å². The summed E-state index contributed by atoms with van der Waals surface area (Å²) in [6.45, 7) is 0.901. The Hall–Kier alpha value is -3.34. The molecule has 7 nitrogen and oxygen atoms in total. The summed E-state index contributed by atoms with van der Waals surface area (Å²) in [4.78, 5) is 14.6. The molecular formula is C33H39F2N3O4S. The monoisotopic (exact) mass is 611 g/mol. The smallest absolute Gasteiger partial charge is 0.298 e. The number of amides is 1. The zero-order valence-corrected chi connectivity index (χ0v) is 24.9. The van der Waals surface area contributed by atoms with Gasteiger partial charge in [-0.15, -0.1) is 0 Å². The Morgan fingerprint density at radius 1 is 0.884 bits per heavy atom. The lowest BCUT2D eigenvalue weighted by atomic mass is 9.90. The van der Waals surface area contributed by atoms with Crippen molar-refractivity contribution < 1.29 is 26.7 Å². The van der Waals surface area contributed by atoms with Crippen LogP contribution in [0.1, 0.15) is 50.5 Å². The lowest BCUT2D eigenvalue weighted by Gasteiger charge is -2.35. The lowest BCUT2D eigenvalue weighted by molar-refractivity contribution is -0.145. The van der Waals surface area contributed by atoms with Crippen LogP contribution in [-0.4, -0.2) is 51.0 Å². The van der Waals surface area contributed by atoms with Crippen LogP contribution in [0.25, 0.3) is 11.1 Å². The van der Waals surface area contributed by atoms with Gasteiger partial charge in [-0.1, -0.05) is 73.9 Å². The molecule has 1 aliphatic carbocycles. The van der Waals surface area contributed by atoms with E-state index in [1.165, 1.54) is 60.6 Å². The minimum absolute atomic E-state index is 0.135. The molecule has 10 heteroatoms. The summed E-state index contributed by atoms with van der Waals surface area (Å²) in [6.07, 6.45) is 6.72. The first-order valence-electron chi connectivity index (χ1n) is 15.0. The van der Waals surface area contributed by atoms with Crippen molar-refractivity contribution in [3.05, 3.63) is 84.4 Å². The number of nitrogens with one attached hydrogen (secondary N) is 1. The molecule has 1 amide bonds. The average molecular weight is 612 g/mol. The van der Waals surface area contributed by atoms with Crippen LogP contribution in [0.3, 0.4) is 0 Å². The molecule has 0 spiro atoms. The topological polar surface area (TPSA) is 102 Å². The van der Waals surface area contributed by atoms with E-state index in [9.17, 15) is 13.2 Å². The summed E-state index contributed by atoms with van der Waals surface area (Å²) in [5, 5.41) is 0.